The fourth-order valence-corrected chi connectivity index (χ4v) is 3.40. The first kappa shape index (κ1) is 18.8. The third-order valence-electron chi connectivity index (χ3n) is 4.89. The molecular weight excluding hydrogens is 338 g/mol. The Balaban J connectivity index is 1.86. The number of hydrogen-bond acceptors (Lipinski definition) is 3. The van der Waals surface area contributed by atoms with Gasteiger partial charge in [-0.2, -0.15) is 5.10 Å². The van der Waals surface area contributed by atoms with Crippen LogP contribution in [0.25, 0.3) is 5.82 Å². The quantitative estimate of drug-likeness (QED) is 0.720. The number of hydrogen-bond donors (Lipinski definition) is 1. The molecule has 1 amide bonds. The number of rotatable bonds is 6. The van der Waals surface area contributed by atoms with Crippen LogP contribution in [0.3, 0.4) is 0 Å². The highest BCUT2D eigenvalue weighted by Crippen LogP contribution is 2.22. The molecular formula is C21H27N5O. The van der Waals surface area contributed by atoms with E-state index in [4.69, 9.17) is 0 Å². The van der Waals surface area contributed by atoms with E-state index in [0.717, 1.165) is 41.7 Å². The highest BCUT2D eigenvalue weighted by molar-refractivity contribution is 6.06. The summed E-state index contributed by atoms with van der Waals surface area (Å²) in [4.78, 5) is 15.2. The molecule has 6 nitrogen and oxygen atoms in total. The van der Waals surface area contributed by atoms with Gasteiger partial charge in [-0.25, -0.2) is 0 Å². The third kappa shape index (κ3) is 3.60. The smallest absolute Gasteiger partial charge is 0.261 e. The topological polar surface area (TPSA) is 55.1 Å². The molecule has 0 aliphatic rings. The molecule has 3 aromatic rings. The van der Waals surface area contributed by atoms with Gasteiger partial charge in [0.2, 0.25) is 0 Å². The van der Waals surface area contributed by atoms with Crippen LogP contribution in [0.2, 0.25) is 0 Å². The van der Waals surface area contributed by atoms with E-state index < -0.39 is 0 Å². The molecule has 0 aliphatic carbocycles. The number of aromatic nitrogens is 3. The minimum atomic E-state index is -0.166. The Kier molecular flexibility index (Phi) is 5.35. The molecule has 6 heteroatoms. The maximum atomic E-state index is 12.9. The summed E-state index contributed by atoms with van der Waals surface area (Å²) in [5.41, 5.74) is 4.60. The van der Waals surface area contributed by atoms with Gasteiger partial charge in [0.15, 0.2) is 0 Å². The minimum absolute atomic E-state index is 0.166. The van der Waals surface area contributed by atoms with Crippen LogP contribution in [0, 0.1) is 13.8 Å². The van der Waals surface area contributed by atoms with Crippen LogP contribution < -0.4 is 10.2 Å². The number of benzene rings is 1. The van der Waals surface area contributed by atoms with Gasteiger partial charge < -0.3 is 14.8 Å². The third-order valence-corrected chi connectivity index (χ3v) is 4.89. The van der Waals surface area contributed by atoms with Crippen LogP contribution in [0.4, 0.5) is 11.4 Å². The molecule has 142 valence electrons. The molecule has 27 heavy (non-hydrogen) atoms. The molecule has 0 atom stereocenters. The number of aryl methyl sites for hydroxylation is 3. The number of carbonyl (C=O) groups is 1. The second kappa shape index (κ2) is 7.70. The van der Waals surface area contributed by atoms with Crippen molar-refractivity contribution in [2.45, 2.75) is 27.7 Å². The van der Waals surface area contributed by atoms with Crippen LogP contribution in [0.5, 0.6) is 0 Å². The maximum absolute atomic E-state index is 12.9. The second-order valence-electron chi connectivity index (χ2n) is 6.63. The van der Waals surface area contributed by atoms with Crippen molar-refractivity contribution < 1.29 is 4.79 Å². The Hall–Kier alpha value is -3.02. The monoisotopic (exact) mass is 365 g/mol. The summed E-state index contributed by atoms with van der Waals surface area (Å²) in [6.45, 7) is 10.2. The van der Waals surface area contributed by atoms with Crippen LogP contribution in [-0.4, -0.2) is 33.3 Å². The van der Waals surface area contributed by atoms with Crippen LogP contribution >= 0.6 is 0 Å². The van der Waals surface area contributed by atoms with Crippen molar-refractivity contribution in [2.24, 2.45) is 7.05 Å². The zero-order valence-corrected chi connectivity index (χ0v) is 16.7. The first-order valence-electron chi connectivity index (χ1n) is 9.29. The molecule has 0 unspecified atom stereocenters. The lowest BCUT2D eigenvalue weighted by atomic mass is 10.2. The van der Waals surface area contributed by atoms with Crippen LogP contribution in [0.15, 0.2) is 42.6 Å². The van der Waals surface area contributed by atoms with Gasteiger partial charge in [0, 0.05) is 42.9 Å². The van der Waals surface area contributed by atoms with Crippen molar-refractivity contribution in [1.29, 1.82) is 0 Å². The van der Waals surface area contributed by atoms with Crippen molar-refractivity contribution in [2.75, 3.05) is 23.3 Å². The Morgan fingerprint density at radius 3 is 2.19 bits per heavy atom. The van der Waals surface area contributed by atoms with Crippen molar-refractivity contribution in [3.63, 3.8) is 0 Å². The Morgan fingerprint density at radius 1 is 1.04 bits per heavy atom. The number of anilines is 2. The number of nitrogens with one attached hydrogen (secondary N) is 1. The largest absolute Gasteiger partial charge is 0.372 e. The summed E-state index contributed by atoms with van der Waals surface area (Å²) in [6.07, 6.45) is 1.62. The van der Waals surface area contributed by atoms with Gasteiger partial charge in [-0.3, -0.25) is 9.48 Å². The fourth-order valence-electron chi connectivity index (χ4n) is 3.40. The maximum Gasteiger partial charge on any atom is 0.261 e. The molecule has 2 heterocycles. The summed E-state index contributed by atoms with van der Waals surface area (Å²) in [6, 6.07) is 12.0. The second-order valence-corrected chi connectivity index (χ2v) is 6.63. The minimum Gasteiger partial charge on any atom is -0.372 e. The van der Waals surface area contributed by atoms with Gasteiger partial charge in [0.05, 0.1) is 6.20 Å². The van der Waals surface area contributed by atoms with Gasteiger partial charge in [0.25, 0.3) is 5.91 Å². The number of carbonyl (C=O) groups excluding carboxylic acids is 1. The number of amides is 1. The number of nitrogens with zero attached hydrogens (tertiary/aromatic N) is 4. The molecule has 0 spiro atoms. The molecule has 3 rings (SSSR count). The van der Waals surface area contributed by atoms with Crippen molar-refractivity contribution in [3.05, 3.63) is 59.5 Å². The fraction of sp³-hybridized carbons (Fsp3) is 0.333. The molecule has 2 aromatic heterocycles. The van der Waals surface area contributed by atoms with E-state index in [9.17, 15) is 4.79 Å². The zero-order valence-electron chi connectivity index (χ0n) is 16.7. The summed E-state index contributed by atoms with van der Waals surface area (Å²) in [5, 5.41) is 7.30. The summed E-state index contributed by atoms with van der Waals surface area (Å²) >= 11 is 0. The van der Waals surface area contributed by atoms with E-state index in [1.807, 2.05) is 61.9 Å². The average molecular weight is 365 g/mol. The van der Waals surface area contributed by atoms with E-state index in [1.54, 1.807) is 10.9 Å². The molecule has 0 saturated carbocycles. The summed E-state index contributed by atoms with van der Waals surface area (Å²) in [5.74, 6) is 0.605. The first-order chi connectivity index (χ1) is 13.0. The molecule has 0 saturated heterocycles. The molecule has 1 aromatic carbocycles. The molecule has 0 aliphatic heterocycles. The van der Waals surface area contributed by atoms with E-state index in [1.165, 1.54) is 0 Å². The van der Waals surface area contributed by atoms with E-state index >= 15 is 0 Å². The van der Waals surface area contributed by atoms with Crippen molar-refractivity contribution >= 4 is 17.3 Å². The predicted molar refractivity (Wildman–Crippen MR) is 110 cm³/mol. The molecule has 1 N–H and O–H groups in total. The van der Waals surface area contributed by atoms with E-state index in [-0.39, 0.29) is 5.91 Å². The molecule has 0 bridgehead atoms. The predicted octanol–water partition coefficient (Wildman–Crippen LogP) is 3.93. The Morgan fingerprint density at radius 2 is 1.63 bits per heavy atom. The van der Waals surface area contributed by atoms with E-state index in [0.29, 0.717) is 5.56 Å². The Labute approximate surface area is 160 Å². The van der Waals surface area contributed by atoms with Crippen LogP contribution in [0.1, 0.15) is 35.6 Å². The Bertz CT molecular complexity index is 913. The van der Waals surface area contributed by atoms with Gasteiger partial charge in [0.1, 0.15) is 11.4 Å². The SMILES string of the molecule is CCN(CC)c1ccc(NC(=O)c2cnn(C)c2-n2c(C)ccc2C)cc1. The van der Waals surface area contributed by atoms with E-state index in [2.05, 4.69) is 29.2 Å². The highest BCUT2D eigenvalue weighted by Gasteiger charge is 2.20. The molecule has 0 fully saturated rings. The van der Waals surface area contributed by atoms with Gasteiger partial charge >= 0.3 is 0 Å². The molecule has 0 radical (unpaired) electrons. The van der Waals surface area contributed by atoms with Gasteiger partial charge in [-0.15, -0.1) is 0 Å². The summed E-state index contributed by atoms with van der Waals surface area (Å²) in [7, 11) is 1.85. The van der Waals surface area contributed by atoms with Gasteiger partial charge in [-0.05, 0) is 64.1 Å². The average Bonchev–Trinajstić information content (AvgIpc) is 3.19. The van der Waals surface area contributed by atoms with Gasteiger partial charge in [-0.1, -0.05) is 0 Å². The van der Waals surface area contributed by atoms with Crippen LogP contribution in [-0.2, 0) is 7.05 Å². The normalized spacial score (nSPS) is 10.9. The lowest BCUT2D eigenvalue weighted by molar-refractivity contribution is 0.102. The standard InChI is InChI=1S/C21H27N5O/c1-6-25(7-2)18-12-10-17(11-13-18)23-20(27)19-14-22-24(5)21(19)26-15(3)8-9-16(26)4/h8-14H,6-7H2,1-5H3,(H,23,27). The lowest BCUT2D eigenvalue weighted by Gasteiger charge is -2.21. The van der Waals surface area contributed by atoms with Crippen molar-refractivity contribution in [3.8, 4) is 5.82 Å². The van der Waals surface area contributed by atoms with Crippen molar-refractivity contribution in [1.82, 2.24) is 14.3 Å². The lowest BCUT2D eigenvalue weighted by Crippen LogP contribution is -2.21. The highest BCUT2D eigenvalue weighted by atomic mass is 16.1. The zero-order chi connectivity index (χ0) is 19.6. The first-order valence-corrected chi connectivity index (χ1v) is 9.29. The summed E-state index contributed by atoms with van der Waals surface area (Å²) < 4.78 is 3.78.